The molecule has 72 heavy (non-hydrogen) atoms. The van der Waals surface area contributed by atoms with Gasteiger partial charge in [0.15, 0.2) is 0 Å². The van der Waals surface area contributed by atoms with Crippen LogP contribution in [0.25, 0.3) is 0 Å². The zero-order valence-corrected chi connectivity index (χ0v) is 44.7. The van der Waals surface area contributed by atoms with E-state index in [9.17, 15) is 47.9 Å². The fraction of sp³-hybridized carbons (Fsp3) is 0.640. The molecule has 0 aliphatic carbocycles. The molecule has 0 bridgehead atoms. The second kappa shape index (κ2) is 27.2. The third-order valence-electron chi connectivity index (χ3n) is 12.7. The molecule has 400 valence electrons. The van der Waals surface area contributed by atoms with Crippen molar-refractivity contribution in [3.8, 4) is 0 Å². The fourth-order valence-corrected chi connectivity index (χ4v) is 8.41. The molecule has 3 rings (SSSR count). The summed E-state index contributed by atoms with van der Waals surface area (Å²) in [5, 5.41) is 10.9. The van der Waals surface area contributed by atoms with Crippen molar-refractivity contribution in [2.75, 3.05) is 68.5 Å². The normalized spacial score (nSPS) is 22.9. The van der Waals surface area contributed by atoms with E-state index in [-0.39, 0.29) is 60.7 Å². The molecular weight excluding hydrogens is 929 g/mol. The third kappa shape index (κ3) is 16.7. The number of carbonyl (C=O) groups is 10. The van der Waals surface area contributed by atoms with Crippen molar-refractivity contribution in [2.24, 2.45) is 23.7 Å². The van der Waals surface area contributed by atoms with E-state index >= 15 is 0 Å². The maximum atomic E-state index is 14.6. The Labute approximate surface area is 424 Å². The summed E-state index contributed by atoms with van der Waals surface area (Å²) in [5.41, 5.74) is 0.253. The first-order valence-electron chi connectivity index (χ1n) is 24.6. The van der Waals surface area contributed by atoms with Crippen LogP contribution in [-0.4, -0.2) is 203 Å². The van der Waals surface area contributed by atoms with Crippen LogP contribution in [0.3, 0.4) is 0 Å². The van der Waals surface area contributed by atoms with Crippen LogP contribution in [0.15, 0.2) is 36.7 Å². The number of hydrogen-bond acceptors (Lipinski definition) is 10. The topological polar surface area (TPSA) is 270 Å². The first-order valence-corrected chi connectivity index (χ1v) is 24.6. The number of carbonyl (C=O) groups excluding carboxylic acids is 10. The first kappa shape index (κ1) is 59.6. The zero-order chi connectivity index (χ0) is 54.3. The lowest BCUT2D eigenvalue weighted by atomic mass is 9.99. The summed E-state index contributed by atoms with van der Waals surface area (Å²) in [6.07, 6.45) is 3.68. The summed E-state index contributed by atoms with van der Waals surface area (Å²) in [6, 6.07) is -1.18. The molecule has 2 aromatic heterocycles. The number of H-pyrrole nitrogens is 2. The molecule has 0 spiro atoms. The molecule has 1 saturated heterocycles. The smallest absolute Gasteiger partial charge is 0.268 e. The highest BCUT2D eigenvalue weighted by molar-refractivity contribution is 6.00. The largest absolute Gasteiger partial charge is 0.357 e. The van der Waals surface area contributed by atoms with Crippen LogP contribution in [0.1, 0.15) is 102 Å². The van der Waals surface area contributed by atoms with Gasteiger partial charge in [0.2, 0.25) is 47.3 Å². The average Bonchev–Trinajstić information content (AvgIpc) is 4.07. The molecule has 1 aliphatic heterocycles. The standard InChI is InChI=1S/C50H80N12O10/c1-29(2)21-37-45(67)53-25-35(55-43(65)33-17-15-19-51-33)47(69)61(13)40(24-32(7)8)50(72)58(10)28-42(64)60(12)38(22-30(3)4)46(68)54-26-36(56-44(66)34-18-16-20-52-34)48(70)62(14)39(23-31(5)6)49(71)57(9)27-41(63)59(37)11/h15-20,29-32,35-40,51-52H,21-28H2,1-14H3,(H,53,67)(H,54,68)(H,55,65)(H,56,66)/t35-,36-,37-,38-,39-,40-/m0/s1. The van der Waals surface area contributed by atoms with Crippen LogP contribution in [-0.2, 0) is 38.4 Å². The molecular formula is C50H80N12O10. The Balaban J connectivity index is 2.19. The van der Waals surface area contributed by atoms with Crippen LogP contribution in [0, 0.1) is 23.7 Å². The number of aromatic nitrogens is 2. The molecule has 0 saturated carbocycles. The van der Waals surface area contributed by atoms with Crippen molar-refractivity contribution < 1.29 is 47.9 Å². The van der Waals surface area contributed by atoms with Crippen molar-refractivity contribution in [3.63, 3.8) is 0 Å². The number of aromatic amines is 2. The molecule has 0 aromatic carbocycles. The molecule has 1 aliphatic rings. The molecule has 0 unspecified atom stereocenters. The minimum absolute atomic E-state index is 0.121. The van der Waals surface area contributed by atoms with E-state index in [1.54, 1.807) is 12.1 Å². The molecule has 22 nitrogen and oxygen atoms in total. The molecule has 10 amide bonds. The number of rotatable bonds is 12. The van der Waals surface area contributed by atoms with E-state index in [2.05, 4.69) is 31.2 Å². The molecule has 2 aromatic rings. The molecule has 6 N–H and O–H groups in total. The van der Waals surface area contributed by atoms with Gasteiger partial charge < -0.3 is 60.6 Å². The van der Waals surface area contributed by atoms with Crippen LogP contribution in [0.5, 0.6) is 0 Å². The van der Waals surface area contributed by atoms with Gasteiger partial charge in [-0.2, -0.15) is 0 Å². The lowest BCUT2D eigenvalue weighted by Crippen LogP contribution is -2.60. The van der Waals surface area contributed by atoms with Crippen LogP contribution in [0.4, 0.5) is 0 Å². The minimum atomic E-state index is -1.42. The van der Waals surface area contributed by atoms with Gasteiger partial charge in [0.25, 0.3) is 11.8 Å². The zero-order valence-electron chi connectivity index (χ0n) is 44.7. The highest BCUT2D eigenvalue weighted by Crippen LogP contribution is 2.19. The second-order valence-electron chi connectivity index (χ2n) is 20.6. The van der Waals surface area contributed by atoms with Crippen molar-refractivity contribution in [2.45, 2.75) is 117 Å². The summed E-state index contributed by atoms with van der Waals surface area (Å²) in [5.74, 6) is -7.07. The Morgan fingerprint density at radius 2 is 0.792 bits per heavy atom. The number of nitrogens with zero attached hydrogens (tertiary/aromatic N) is 6. The molecule has 6 atom stereocenters. The average molecular weight is 1010 g/mol. The van der Waals surface area contributed by atoms with E-state index in [1.807, 2.05) is 55.4 Å². The number of likely N-dealkylation sites (N-methyl/N-ethyl adjacent to an activating group) is 6. The van der Waals surface area contributed by atoms with Crippen molar-refractivity contribution in [1.29, 1.82) is 0 Å². The van der Waals surface area contributed by atoms with E-state index < -0.39 is 122 Å². The molecule has 3 heterocycles. The minimum Gasteiger partial charge on any atom is -0.357 e. The van der Waals surface area contributed by atoms with Crippen LogP contribution < -0.4 is 21.3 Å². The number of amides is 10. The Morgan fingerprint density at radius 1 is 0.486 bits per heavy atom. The van der Waals surface area contributed by atoms with Crippen LogP contribution in [0.2, 0.25) is 0 Å². The molecule has 0 radical (unpaired) electrons. The lowest BCUT2D eigenvalue weighted by molar-refractivity contribution is -0.149. The van der Waals surface area contributed by atoms with E-state index in [0.717, 1.165) is 9.80 Å². The van der Waals surface area contributed by atoms with Crippen molar-refractivity contribution in [3.05, 3.63) is 48.0 Å². The van der Waals surface area contributed by atoms with Gasteiger partial charge in [0.1, 0.15) is 47.6 Å². The predicted molar refractivity (Wildman–Crippen MR) is 269 cm³/mol. The number of hydrogen-bond donors (Lipinski definition) is 6. The van der Waals surface area contributed by atoms with E-state index in [4.69, 9.17) is 0 Å². The van der Waals surface area contributed by atoms with Gasteiger partial charge in [0.05, 0.1) is 13.1 Å². The van der Waals surface area contributed by atoms with Gasteiger partial charge in [-0.3, -0.25) is 47.9 Å². The maximum Gasteiger partial charge on any atom is 0.268 e. The SMILES string of the molecule is CC(C)C[C@H]1C(=O)NC[C@H](NC(=O)c2ccc[nH]2)C(=O)N(C)[C@@H](CC(C)C)C(=O)N(C)CC(=O)N(C)[C@@H](CC(C)C)C(=O)NC[C@H](NC(=O)c2ccc[nH]2)C(=O)N(C)[C@@H](CC(C)C)C(=O)N(C)CC(=O)N1C. The lowest BCUT2D eigenvalue weighted by Gasteiger charge is -2.36. The quantitative estimate of drug-likeness (QED) is 0.175. The summed E-state index contributed by atoms with van der Waals surface area (Å²) in [4.78, 5) is 154. The first-order chi connectivity index (χ1) is 33.7. The van der Waals surface area contributed by atoms with Crippen molar-refractivity contribution >= 4 is 59.1 Å². The third-order valence-corrected chi connectivity index (χ3v) is 12.7. The monoisotopic (exact) mass is 1010 g/mol. The van der Waals surface area contributed by atoms with E-state index in [1.165, 1.54) is 86.4 Å². The summed E-state index contributed by atoms with van der Waals surface area (Å²) in [7, 11) is 8.44. The summed E-state index contributed by atoms with van der Waals surface area (Å²) < 4.78 is 0. The van der Waals surface area contributed by atoms with Gasteiger partial charge >= 0.3 is 0 Å². The van der Waals surface area contributed by atoms with Gasteiger partial charge in [-0.15, -0.1) is 0 Å². The van der Waals surface area contributed by atoms with Gasteiger partial charge in [-0.25, -0.2) is 0 Å². The highest BCUT2D eigenvalue weighted by Gasteiger charge is 2.39. The highest BCUT2D eigenvalue weighted by atomic mass is 16.2. The Kier molecular flexibility index (Phi) is 22.5. The Hall–Kier alpha value is -6.74. The van der Waals surface area contributed by atoms with Gasteiger partial charge in [0, 0.05) is 67.8 Å². The van der Waals surface area contributed by atoms with Crippen LogP contribution >= 0.6 is 0 Å². The van der Waals surface area contributed by atoms with E-state index in [0.29, 0.717) is 0 Å². The summed E-state index contributed by atoms with van der Waals surface area (Å²) >= 11 is 0. The Morgan fingerprint density at radius 3 is 1.07 bits per heavy atom. The summed E-state index contributed by atoms with van der Waals surface area (Å²) in [6.45, 7) is 12.9. The maximum absolute atomic E-state index is 14.6. The molecule has 1 fully saturated rings. The Bertz CT molecular complexity index is 2040. The molecule has 22 heteroatoms. The predicted octanol–water partition coefficient (Wildman–Crippen LogP) is 0.895. The van der Waals surface area contributed by atoms with Gasteiger partial charge in [-0.05, 0) is 73.6 Å². The van der Waals surface area contributed by atoms with Crippen molar-refractivity contribution in [1.82, 2.24) is 60.6 Å². The fourth-order valence-electron chi connectivity index (χ4n) is 8.41. The number of nitrogens with one attached hydrogen (secondary N) is 6. The second-order valence-corrected chi connectivity index (χ2v) is 20.6. The van der Waals surface area contributed by atoms with Gasteiger partial charge in [-0.1, -0.05) is 55.4 Å².